The predicted octanol–water partition coefficient (Wildman–Crippen LogP) is 2.52. The van der Waals surface area contributed by atoms with E-state index in [4.69, 9.17) is 4.74 Å². The second-order valence-electron chi connectivity index (χ2n) is 4.82. The number of hydrogen-bond donors (Lipinski definition) is 0. The lowest BCUT2D eigenvalue weighted by atomic mass is 10.0. The van der Waals surface area contributed by atoms with E-state index >= 15 is 0 Å². The largest absolute Gasteiger partial charge is 0.383 e. The predicted molar refractivity (Wildman–Crippen MR) is 73.7 cm³/mol. The van der Waals surface area contributed by atoms with Crippen molar-refractivity contribution in [2.45, 2.75) is 39.2 Å². The van der Waals surface area contributed by atoms with Crippen molar-refractivity contribution in [2.24, 2.45) is 0 Å². The summed E-state index contributed by atoms with van der Waals surface area (Å²) < 4.78 is 5.14. The molecule has 0 saturated carbocycles. The zero-order chi connectivity index (χ0) is 13.1. The Morgan fingerprint density at radius 2 is 2.22 bits per heavy atom. The topological polar surface area (TPSA) is 42.4 Å². The molecule has 0 N–H and O–H groups in total. The molecule has 0 radical (unpaired) electrons. The smallest absolute Gasteiger partial charge is 0.186 e. The average molecular weight is 268 g/mol. The summed E-state index contributed by atoms with van der Waals surface area (Å²) in [6.45, 7) is 5.76. The van der Waals surface area contributed by atoms with Crippen molar-refractivity contribution in [3.63, 3.8) is 0 Å². The van der Waals surface area contributed by atoms with E-state index in [9.17, 15) is 4.79 Å². The number of ketones is 1. The highest BCUT2D eigenvalue weighted by Gasteiger charge is 2.24. The van der Waals surface area contributed by atoms with Crippen LogP contribution in [0.25, 0.3) is 0 Å². The van der Waals surface area contributed by atoms with Crippen molar-refractivity contribution in [3.8, 4) is 0 Å². The van der Waals surface area contributed by atoms with Crippen LogP contribution in [0.5, 0.6) is 0 Å². The summed E-state index contributed by atoms with van der Waals surface area (Å²) in [5, 5.41) is 0.960. The van der Waals surface area contributed by atoms with Crippen molar-refractivity contribution in [1.29, 1.82) is 0 Å². The van der Waals surface area contributed by atoms with Gasteiger partial charge >= 0.3 is 0 Å². The molecule has 1 aromatic heterocycles. The Morgan fingerprint density at radius 1 is 1.44 bits per heavy atom. The maximum Gasteiger partial charge on any atom is 0.186 e. The molecule has 0 atom stereocenters. The van der Waals surface area contributed by atoms with Gasteiger partial charge in [-0.05, 0) is 26.7 Å². The van der Waals surface area contributed by atoms with Gasteiger partial charge in [0.15, 0.2) is 10.9 Å². The molecule has 5 heteroatoms. The molecule has 1 aliphatic rings. The number of carbonyl (C=O) groups excluding carboxylic acids is 1. The molecule has 1 aromatic rings. The highest BCUT2D eigenvalue weighted by atomic mass is 32.1. The number of aromatic nitrogens is 1. The Labute approximate surface area is 112 Å². The van der Waals surface area contributed by atoms with Crippen LogP contribution in [-0.2, 0) is 11.2 Å². The molecule has 0 saturated heterocycles. The van der Waals surface area contributed by atoms with E-state index in [0.29, 0.717) is 24.8 Å². The number of anilines is 1. The molecule has 4 nitrogen and oxygen atoms in total. The highest BCUT2D eigenvalue weighted by molar-refractivity contribution is 7.16. The number of methoxy groups -OCH3 is 1. The molecule has 0 bridgehead atoms. The molecular formula is C13H20N2O2S. The maximum absolute atomic E-state index is 11.8. The van der Waals surface area contributed by atoms with Crippen molar-refractivity contribution < 1.29 is 9.53 Å². The fraction of sp³-hybridized carbons (Fsp3) is 0.692. The summed E-state index contributed by atoms with van der Waals surface area (Å²) in [6.07, 6.45) is 2.61. The van der Waals surface area contributed by atoms with E-state index in [1.165, 1.54) is 0 Å². The number of fused-ring (bicyclic) bond motifs is 1. The molecule has 100 valence electrons. The number of carbonyl (C=O) groups is 1. The van der Waals surface area contributed by atoms with E-state index < -0.39 is 0 Å². The second kappa shape index (κ2) is 5.80. The van der Waals surface area contributed by atoms with Gasteiger partial charge in [0.2, 0.25) is 0 Å². The monoisotopic (exact) mass is 268 g/mol. The van der Waals surface area contributed by atoms with Crippen LogP contribution in [-0.4, -0.2) is 37.1 Å². The fourth-order valence-corrected chi connectivity index (χ4v) is 3.42. The molecule has 2 rings (SSSR count). The molecule has 18 heavy (non-hydrogen) atoms. The van der Waals surface area contributed by atoms with Crippen molar-refractivity contribution in [1.82, 2.24) is 4.98 Å². The van der Waals surface area contributed by atoms with Gasteiger partial charge in [0, 0.05) is 31.0 Å². The van der Waals surface area contributed by atoms with E-state index in [1.807, 2.05) is 0 Å². The van der Waals surface area contributed by atoms with Crippen LogP contribution in [0, 0.1) is 0 Å². The molecule has 1 heterocycles. The molecule has 0 unspecified atom stereocenters. The normalized spacial score (nSPS) is 15.0. The summed E-state index contributed by atoms with van der Waals surface area (Å²) in [4.78, 5) is 19.7. The van der Waals surface area contributed by atoms with Gasteiger partial charge in [-0.3, -0.25) is 4.79 Å². The van der Waals surface area contributed by atoms with Gasteiger partial charge in [0.1, 0.15) is 5.69 Å². The van der Waals surface area contributed by atoms with Gasteiger partial charge in [0.05, 0.1) is 6.61 Å². The third-order valence-corrected chi connectivity index (χ3v) is 4.32. The number of thiazole rings is 1. The number of nitrogens with zero attached hydrogens (tertiary/aromatic N) is 2. The van der Waals surface area contributed by atoms with Crippen LogP contribution in [0.2, 0.25) is 0 Å². The minimum Gasteiger partial charge on any atom is -0.383 e. The van der Waals surface area contributed by atoms with Gasteiger partial charge in [0.25, 0.3) is 0 Å². The zero-order valence-corrected chi connectivity index (χ0v) is 12.0. The Morgan fingerprint density at radius 3 is 2.83 bits per heavy atom. The van der Waals surface area contributed by atoms with Crippen LogP contribution in [0.1, 0.15) is 42.1 Å². The lowest BCUT2D eigenvalue weighted by Crippen LogP contribution is -2.33. The highest BCUT2D eigenvalue weighted by Crippen LogP contribution is 2.32. The van der Waals surface area contributed by atoms with Crippen LogP contribution in [0.15, 0.2) is 0 Å². The van der Waals surface area contributed by atoms with E-state index in [2.05, 4.69) is 23.7 Å². The Kier molecular flexibility index (Phi) is 4.35. The van der Waals surface area contributed by atoms with Crippen molar-refractivity contribution in [3.05, 3.63) is 10.6 Å². The number of hydrogen-bond acceptors (Lipinski definition) is 5. The quantitative estimate of drug-likeness (QED) is 0.823. The molecule has 0 aromatic carbocycles. The lowest BCUT2D eigenvalue weighted by molar-refractivity contribution is 0.0968. The van der Waals surface area contributed by atoms with Crippen LogP contribution in [0.4, 0.5) is 5.13 Å². The molecule has 1 aliphatic carbocycles. The Bertz CT molecular complexity index is 429. The first-order valence-electron chi connectivity index (χ1n) is 6.42. The third kappa shape index (κ3) is 2.72. The van der Waals surface area contributed by atoms with Crippen molar-refractivity contribution >= 4 is 22.3 Å². The summed E-state index contributed by atoms with van der Waals surface area (Å²) in [5.74, 6) is 0.203. The summed E-state index contributed by atoms with van der Waals surface area (Å²) in [5.41, 5.74) is 0.712. The maximum atomic E-state index is 11.8. The summed E-state index contributed by atoms with van der Waals surface area (Å²) in [6, 6.07) is 0.364. The SMILES string of the molecule is COCCN(c1nc2c(s1)CCCC2=O)C(C)C. The van der Waals surface area contributed by atoms with Crippen molar-refractivity contribution in [2.75, 3.05) is 25.2 Å². The molecule has 0 spiro atoms. The van der Waals surface area contributed by atoms with Gasteiger partial charge < -0.3 is 9.64 Å². The van der Waals surface area contributed by atoms with E-state index in [1.54, 1.807) is 18.4 Å². The molecule has 0 aliphatic heterocycles. The minimum absolute atomic E-state index is 0.203. The zero-order valence-electron chi connectivity index (χ0n) is 11.2. The van der Waals surface area contributed by atoms with Gasteiger partial charge in [-0.15, -0.1) is 11.3 Å². The van der Waals surface area contributed by atoms with Gasteiger partial charge in [-0.25, -0.2) is 4.98 Å². The molecular weight excluding hydrogens is 248 g/mol. The number of ether oxygens (including phenoxy) is 1. The van der Waals surface area contributed by atoms with Gasteiger partial charge in [-0.2, -0.15) is 0 Å². The first-order chi connectivity index (χ1) is 8.63. The average Bonchev–Trinajstić information content (AvgIpc) is 2.74. The number of aryl methyl sites for hydroxylation is 1. The second-order valence-corrected chi connectivity index (χ2v) is 5.89. The number of rotatable bonds is 5. The standard InChI is InChI=1S/C13H20N2O2S/c1-9(2)15(7-8-17-3)13-14-12-10(16)5-4-6-11(12)18-13/h9H,4-8H2,1-3H3. The fourth-order valence-electron chi connectivity index (χ4n) is 2.14. The Balaban J connectivity index is 2.23. The summed E-state index contributed by atoms with van der Waals surface area (Å²) in [7, 11) is 1.70. The van der Waals surface area contributed by atoms with Crippen LogP contribution in [0.3, 0.4) is 0 Å². The molecule has 0 amide bonds. The first-order valence-corrected chi connectivity index (χ1v) is 7.23. The van der Waals surface area contributed by atoms with Gasteiger partial charge in [-0.1, -0.05) is 0 Å². The lowest BCUT2D eigenvalue weighted by Gasteiger charge is -2.25. The van der Waals surface area contributed by atoms with Crippen LogP contribution >= 0.6 is 11.3 Å². The minimum atomic E-state index is 0.203. The number of Topliss-reactive ketones (excluding diaryl/α,β-unsaturated/α-hetero) is 1. The van der Waals surface area contributed by atoms with Crippen LogP contribution < -0.4 is 4.90 Å². The third-order valence-electron chi connectivity index (χ3n) is 3.16. The molecule has 0 fully saturated rings. The van der Waals surface area contributed by atoms with E-state index in [0.717, 1.165) is 29.4 Å². The Hall–Kier alpha value is -0.940. The summed E-state index contributed by atoms with van der Waals surface area (Å²) >= 11 is 1.66. The first kappa shape index (κ1) is 13.5. The van der Waals surface area contributed by atoms with E-state index in [-0.39, 0.29) is 5.78 Å².